The van der Waals surface area contributed by atoms with Gasteiger partial charge >= 0.3 is 0 Å². The lowest BCUT2D eigenvalue weighted by Gasteiger charge is -2.32. The molecule has 0 radical (unpaired) electrons. The fraction of sp³-hybridized carbons (Fsp3) is 0.417. The van der Waals surface area contributed by atoms with E-state index >= 15 is 0 Å². The lowest BCUT2D eigenvalue weighted by atomic mass is 10.0. The molecule has 1 saturated carbocycles. The predicted molar refractivity (Wildman–Crippen MR) is 129 cm³/mol. The van der Waals surface area contributed by atoms with Crippen molar-refractivity contribution >= 4 is 28.9 Å². The molecule has 1 aliphatic heterocycles. The molecule has 2 fully saturated rings. The van der Waals surface area contributed by atoms with Crippen molar-refractivity contribution < 1.29 is 9.59 Å². The van der Waals surface area contributed by atoms with E-state index in [-0.39, 0.29) is 22.6 Å². The van der Waals surface area contributed by atoms with E-state index in [1.165, 1.54) is 12.5 Å². The Kier molecular flexibility index (Phi) is 6.58. The quantitative estimate of drug-likeness (QED) is 0.443. The number of rotatable bonds is 8. The zero-order chi connectivity index (χ0) is 24.3. The fourth-order valence-electron chi connectivity index (χ4n) is 4.10. The smallest absolute Gasteiger partial charge is 0.276 e. The van der Waals surface area contributed by atoms with Gasteiger partial charge in [-0.05, 0) is 51.7 Å². The summed E-state index contributed by atoms with van der Waals surface area (Å²) in [7, 11) is 1.65. The normalized spacial score (nSPS) is 17.3. The fourth-order valence-corrected chi connectivity index (χ4v) is 4.10. The molecule has 4 rings (SSSR count). The number of nitrogens with zero attached hydrogens (tertiary/aromatic N) is 4. The van der Waals surface area contributed by atoms with Gasteiger partial charge in [-0.15, -0.1) is 0 Å². The maximum Gasteiger partial charge on any atom is 0.276 e. The minimum absolute atomic E-state index is 0.0906. The molecule has 10 heteroatoms. The van der Waals surface area contributed by atoms with E-state index in [9.17, 15) is 9.59 Å². The van der Waals surface area contributed by atoms with Gasteiger partial charge in [0.25, 0.3) is 11.8 Å². The van der Waals surface area contributed by atoms with E-state index in [1.807, 2.05) is 26.0 Å². The minimum Gasteiger partial charge on any atom is -0.392 e. The van der Waals surface area contributed by atoms with Gasteiger partial charge in [0.1, 0.15) is 12.0 Å². The maximum atomic E-state index is 13.4. The lowest BCUT2D eigenvalue weighted by molar-refractivity contribution is -0.127. The number of carbonyl (C=O) groups is 2. The highest BCUT2D eigenvalue weighted by Gasteiger charge is 2.38. The molecule has 2 aromatic rings. The van der Waals surface area contributed by atoms with E-state index in [4.69, 9.17) is 5.41 Å². The summed E-state index contributed by atoms with van der Waals surface area (Å²) in [6.45, 7) is 4.57. The Balaban J connectivity index is 1.59. The standard InChI is InChI=1S/C24H30N8O2/c1-24(2)9-4-10-32(24)23(34)20(25)19(13-26-3)31-22(33)21-18(29-16-11-27-14-28-12-16)8-7-17(30-21)15-5-6-15/h7-8,11-15,25-26,29H,4-6,9-10H2,1-3H3,(H,31,33)/b19-13+,25-20?. The molecule has 4 N–H and O–H groups in total. The maximum absolute atomic E-state index is 13.4. The third-order valence-corrected chi connectivity index (χ3v) is 6.13. The minimum atomic E-state index is -0.512. The van der Waals surface area contributed by atoms with Gasteiger partial charge in [-0.1, -0.05) is 0 Å². The van der Waals surface area contributed by atoms with Crippen molar-refractivity contribution in [1.29, 1.82) is 5.41 Å². The third kappa shape index (κ3) is 5.05. The van der Waals surface area contributed by atoms with Gasteiger partial charge in [-0.25, -0.2) is 15.0 Å². The summed E-state index contributed by atoms with van der Waals surface area (Å²) in [6.07, 6.45) is 9.92. The number of nitrogens with one attached hydrogen (secondary N) is 4. The molecule has 2 amide bonds. The van der Waals surface area contributed by atoms with Crippen LogP contribution < -0.4 is 16.0 Å². The summed E-state index contributed by atoms with van der Waals surface area (Å²) in [4.78, 5) is 40.8. The number of carbonyl (C=O) groups excluding carboxylic acids is 2. The first kappa shape index (κ1) is 23.3. The molecule has 2 aromatic heterocycles. The van der Waals surface area contributed by atoms with Crippen LogP contribution in [0.25, 0.3) is 0 Å². The number of likely N-dealkylation sites (tertiary alicyclic amines) is 1. The van der Waals surface area contributed by atoms with Crippen molar-refractivity contribution in [3.8, 4) is 0 Å². The highest BCUT2D eigenvalue weighted by atomic mass is 16.2. The van der Waals surface area contributed by atoms with E-state index in [0.29, 0.717) is 23.8 Å². The second-order valence-corrected chi connectivity index (χ2v) is 9.21. The van der Waals surface area contributed by atoms with Gasteiger partial charge < -0.3 is 20.9 Å². The van der Waals surface area contributed by atoms with Crippen molar-refractivity contribution in [2.24, 2.45) is 0 Å². The van der Waals surface area contributed by atoms with Crippen LogP contribution in [0.15, 0.2) is 42.8 Å². The van der Waals surface area contributed by atoms with Gasteiger partial charge in [0, 0.05) is 36.9 Å². The Morgan fingerprint density at radius 3 is 2.56 bits per heavy atom. The van der Waals surface area contributed by atoms with Crippen LogP contribution in [-0.4, -0.2) is 56.5 Å². The highest BCUT2D eigenvalue weighted by molar-refractivity contribution is 6.44. The van der Waals surface area contributed by atoms with Crippen LogP contribution in [0.5, 0.6) is 0 Å². The zero-order valence-electron chi connectivity index (χ0n) is 19.7. The first-order chi connectivity index (χ1) is 16.3. The lowest BCUT2D eigenvalue weighted by Crippen LogP contribution is -2.47. The molecule has 3 heterocycles. The van der Waals surface area contributed by atoms with Crippen LogP contribution in [0.3, 0.4) is 0 Å². The molecule has 2 aliphatic rings. The van der Waals surface area contributed by atoms with Crippen LogP contribution in [0.4, 0.5) is 11.4 Å². The zero-order valence-corrected chi connectivity index (χ0v) is 19.7. The molecular weight excluding hydrogens is 432 g/mol. The number of amides is 2. The third-order valence-electron chi connectivity index (χ3n) is 6.13. The average molecular weight is 463 g/mol. The SMILES string of the molecule is CN/C=C(/NC(=O)c1nc(C2CC2)ccc1Nc1cncnc1)C(=N)C(=O)N1CCCC1(C)C. The topological polar surface area (TPSA) is 136 Å². The van der Waals surface area contributed by atoms with Gasteiger partial charge in [-0.2, -0.15) is 0 Å². The van der Waals surface area contributed by atoms with E-state index < -0.39 is 11.8 Å². The number of aromatic nitrogens is 3. The van der Waals surface area contributed by atoms with Crippen molar-refractivity contribution in [3.05, 3.63) is 54.1 Å². The molecule has 1 aliphatic carbocycles. The van der Waals surface area contributed by atoms with E-state index in [0.717, 1.165) is 31.4 Å². The second kappa shape index (κ2) is 9.58. The van der Waals surface area contributed by atoms with Crippen LogP contribution in [-0.2, 0) is 4.79 Å². The molecule has 34 heavy (non-hydrogen) atoms. The van der Waals surface area contributed by atoms with Crippen molar-refractivity contribution in [1.82, 2.24) is 30.5 Å². The molecular formula is C24H30N8O2. The number of anilines is 2. The number of hydrogen-bond acceptors (Lipinski definition) is 8. The molecule has 1 saturated heterocycles. The monoisotopic (exact) mass is 462 g/mol. The molecule has 10 nitrogen and oxygen atoms in total. The van der Waals surface area contributed by atoms with Gasteiger partial charge in [0.05, 0.1) is 29.5 Å². The van der Waals surface area contributed by atoms with Gasteiger partial charge in [-0.3, -0.25) is 15.0 Å². The van der Waals surface area contributed by atoms with Gasteiger partial charge in [0.2, 0.25) is 0 Å². The summed E-state index contributed by atoms with van der Waals surface area (Å²) in [5, 5.41) is 17.2. The van der Waals surface area contributed by atoms with Crippen LogP contribution >= 0.6 is 0 Å². The Bertz CT molecular complexity index is 1130. The predicted octanol–water partition coefficient (Wildman–Crippen LogP) is 2.70. The Hall–Kier alpha value is -3.82. The molecule has 0 atom stereocenters. The van der Waals surface area contributed by atoms with Crippen LogP contribution in [0, 0.1) is 5.41 Å². The second-order valence-electron chi connectivity index (χ2n) is 9.21. The number of hydrogen-bond donors (Lipinski definition) is 4. The van der Waals surface area contributed by atoms with Crippen LogP contribution in [0.2, 0.25) is 0 Å². The van der Waals surface area contributed by atoms with E-state index in [1.54, 1.807) is 24.3 Å². The Labute approximate surface area is 198 Å². The first-order valence-electron chi connectivity index (χ1n) is 11.4. The van der Waals surface area contributed by atoms with Gasteiger partial charge in [0.15, 0.2) is 5.69 Å². The highest BCUT2D eigenvalue weighted by Crippen LogP contribution is 2.39. The number of pyridine rings is 1. The summed E-state index contributed by atoms with van der Waals surface area (Å²) >= 11 is 0. The molecule has 0 aromatic carbocycles. The molecule has 0 unspecified atom stereocenters. The van der Waals surface area contributed by atoms with Crippen LogP contribution in [0.1, 0.15) is 61.6 Å². The largest absolute Gasteiger partial charge is 0.392 e. The van der Waals surface area contributed by atoms with Crippen molar-refractivity contribution in [2.45, 2.75) is 51.0 Å². The Morgan fingerprint density at radius 1 is 1.21 bits per heavy atom. The van der Waals surface area contributed by atoms with Crippen molar-refractivity contribution in [3.63, 3.8) is 0 Å². The summed E-state index contributed by atoms with van der Waals surface area (Å²) in [5.41, 5.74) is 1.62. The first-order valence-corrected chi connectivity index (χ1v) is 11.4. The summed E-state index contributed by atoms with van der Waals surface area (Å²) < 4.78 is 0. The molecule has 0 bridgehead atoms. The average Bonchev–Trinajstić information content (AvgIpc) is 3.61. The summed E-state index contributed by atoms with van der Waals surface area (Å²) in [5.74, 6) is -0.574. The van der Waals surface area contributed by atoms with Crippen molar-refractivity contribution in [2.75, 3.05) is 18.9 Å². The van der Waals surface area contributed by atoms with E-state index in [2.05, 4.69) is 30.9 Å². The molecule has 0 spiro atoms. The summed E-state index contributed by atoms with van der Waals surface area (Å²) in [6, 6.07) is 3.72. The Morgan fingerprint density at radius 2 is 1.94 bits per heavy atom. The molecule has 178 valence electrons.